The van der Waals surface area contributed by atoms with Gasteiger partial charge in [0.1, 0.15) is 0 Å². The molecule has 0 atom stereocenters. The second-order valence-electron chi connectivity index (χ2n) is 15.6. The van der Waals surface area contributed by atoms with Crippen LogP contribution in [0.3, 0.4) is 0 Å². The zero-order valence-electron chi connectivity index (χ0n) is 31.3. The van der Waals surface area contributed by atoms with Crippen LogP contribution >= 0.6 is 0 Å². The highest BCUT2D eigenvalue weighted by atomic mass is 15.1. The van der Waals surface area contributed by atoms with Gasteiger partial charge in [0.15, 0.2) is 0 Å². The molecule has 0 saturated carbocycles. The van der Waals surface area contributed by atoms with E-state index in [1.165, 1.54) is 44.6 Å². The molecule has 0 unspecified atom stereocenters. The fraction of sp³-hybridized carbons (Fsp3) is 0.137. The summed E-state index contributed by atoms with van der Waals surface area (Å²) in [5.74, 6) is 0. The lowest BCUT2D eigenvalue weighted by molar-refractivity contribution is 0.590. The van der Waals surface area contributed by atoms with Crippen LogP contribution in [-0.4, -0.2) is 0 Å². The van der Waals surface area contributed by atoms with Gasteiger partial charge in [-0.2, -0.15) is 0 Å². The van der Waals surface area contributed by atoms with Gasteiger partial charge in [-0.3, -0.25) is 0 Å². The third-order valence-electron chi connectivity index (χ3n) is 10.6. The number of para-hydroxylation sites is 3. The number of hydrogen-bond acceptors (Lipinski definition) is 2. The van der Waals surface area contributed by atoms with E-state index in [1.807, 2.05) is 0 Å². The molecule has 0 fully saturated rings. The van der Waals surface area contributed by atoms with Gasteiger partial charge in [-0.25, -0.2) is 0 Å². The molecule has 53 heavy (non-hydrogen) atoms. The largest absolute Gasteiger partial charge is 0.311 e. The maximum Gasteiger partial charge on any atom is 0.0465 e. The second-order valence-corrected chi connectivity index (χ2v) is 15.6. The van der Waals surface area contributed by atoms with E-state index >= 15 is 0 Å². The number of hydrogen-bond donors (Lipinski definition) is 0. The zero-order valence-corrected chi connectivity index (χ0v) is 31.3. The molecule has 7 aromatic carbocycles. The number of anilines is 6. The first kappa shape index (κ1) is 34.0. The number of rotatable bonds is 8. The zero-order chi connectivity index (χ0) is 36.6. The summed E-state index contributed by atoms with van der Waals surface area (Å²) in [6.45, 7) is 11.5. The average Bonchev–Trinajstić information content (AvgIpc) is 3.41. The molecular weight excluding hydrogens is 641 g/mol. The Morgan fingerprint density at radius 1 is 0.396 bits per heavy atom. The van der Waals surface area contributed by atoms with E-state index in [1.54, 1.807) is 0 Å². The van der Waals surface area contributed by atoms with Crippen molar-refractivity contribution in [3.8, 4) is 11.1 Å². The maximum atomic E-state index is 2.39. The van der Waals surface area contributed by atoms with Crippen LogP contribution in [0.4, 0.5) is 34.1 Å². The first-order valence-corrected chi connectivity index (χ1v) is 18.6. The normalized spacial score (nSPS) is 13.1. The summed E-state index contributed by atoms with van der Waals surface area (Å²) in [4.78, 5) is 4.67. The van der Waals surface area contributed by atoms with Crippen LogP contribution in [0.5, 0.6) is 0 Å². The lowest BCUT2D eigenvalue weighted by Crippen LogP contribution is -2.16. The van der Waals surface area contributed by atoms with Gasteiger partial charge in [-0.15, -0.1) is 0 Å². The predicted molar refractivity (Wildman–Crippen MR) is 227 cm³/mol. The maximum absolute atomic E-state index is 2.39. The topological polar surface area (TPSA) is 6.48 Å². The van der Waals surface area contributed by atoms with Crippen molar-refractivity contribution in [1.82, 2.24) is 0 Å². The van der Waals surface area contributed by atoms with Gasteiger partial charge in [0.2, 0.25) is 0 Å². The molecule has 8 rings (SSSR count). The van der Waals surface area contributed by atoms with E-state index < -0.39 is 0 Å². The highest BCUT2D eigenvalue weighted by Gasteiger charge is 2.36. The Labute approximate surface area is 315 Å². The molecule has 0 saturated heterocycles. The van der Waals surface area contributed by atoms with Gasteiger partial charge in [0.05, 0.1) is 0 Å². The molecule has 260 valence electrons. The van der Waals surface area contributed by atoms with E-state index in [9.17, 15) is 0 Å². The highest BCUT2D eigenvalue weighted by molar-refractivity contribution is 5.87. The van der Waals surface area contributed by atoms with Gasteiger partial charge < -0.3 is 9.80 Å². The van der Waals surface area contributed by atoms with Crippen LogP contribution in [-0.2, 0) is 10.8 Å². The Morgan fingerprint density at radius 3 is 1.28 bits per heavy atom. The van der Waals surface area contributed by atoms with Crippen molar-refractivity contribution in [1.29, 1.82) is 0 Å². The molecule has 0 spiro atoms. The molecule has 0 N–H and O–H groups in total. The van der Waals surface area contributed by atoms with Crippen LogP contribution in [0.25, 0.3) is 23.3 Å². The summed E-state index contributed by atoms with van der Waals surface area (Å²) >= 11 is 0. The SMILES string of the molecule is CC(C)(C)c1ccc(N(c2ccccc2)c2ccc(C=Cc3ccc4c(c3)C(C)(C)c3cc(N(c5ccccc5)c5ccccc5)ccc3-4)cc2)cc1. The minimum absolute atomic E-state index is 0.110. The van der Waals surface area contributed by atoms with Crippen molar-refractivity contribution in [2.24, 2.45) is 0 Å². The van der Waals surface area contributed by atoms with E-state index in [-0.39, 0.29) is 10.8 Å². The van der Waals surface area contributed by atoms with Crippen molar-refractivity contribution in [3.05, 3.63) is 204 Å². The van der Waals surface area contributed by atoms with Crippen LogP contribution in [0.1, 0.15) is 62.4 Å². The third kappa shape index (κ3) is 6.69. The van der Waals surface area contributed by atoms with Gasteiger partial charge in [0.25, 0.3) is 0 Å². The third-order valence-corrected chi connectivity index (χ3v) is 10.6. The van der Waals surface area contributed by atoms with Gasteiger partial charge >= 0.3 is 0 Å². The summed E-state index contributed by atoms with van der Waals surface area (Å²) in [5, 5.41) is 0. The van der Waals surface area contributed by atoms with E-state index in [4.69, 9.17) is 0 Å². The van der Waals surface area contributed by atoms with Crippen molar-refractivity contribution < 1.29 is 0 Å². The summed E-state index contributed by atoms with van der Waals surface area (Å²) < 4.78 is 0. The molecule has 0 aromatic heterocycles. The van der Waals surface area contributed by atoms with Crippen molar-refractivity contribution in [2.45, 2.75) is 45.4 Å². The van der Waals surface area contributed by atoms with Crippen LogP contribution in [0.2, 0.25) is 0 Å². The van der Waals surface area contributed by atoms with Crippen LogP contribution in [0, 0.1) is 0 Å². The standard InChI is InChI=1S/C51H46N2/c1-50(2,3)39-26-30-44(31-27-39)52(40-15-9-6-10-16-40)43-28-23-37(24-29-43)21-22-38-25-33-46-47-34-32-45(36-49(47)51(4,5)48(46)35-38)53(41-17-11-7-12-18-41)42-19-13-8-14-20-42/h6-36H,1-5H3. The number of benzene rings is 7. The summed E-state index contributed by atoms with van der Waals surface area (Å²) in [6, 6.07) is 63.6. The average molecular weight is 687 g/mol. The predicted octanol–water partition coefficient (Wildman–Crippen LogP) is 14.4. The highest BCUT2D eigenvalue weighted by Crippen LogP contribution is 2.51. The van der Waals surface area contributed by atoms with E-state index in [2.05, 4.69) is 232 Å². The molecule has 0 heterocycles. The van der Waals surface area contributed by atoms with Crippen LogP contribution in [0.15, 0.2) is 176 Å². The number of nitrogens with zero attached hydrogens (tertiary/aromatic N) is 2. The lowest BCUT2D eigenvalue weighted by Gasteiger charge is -2.28. The molecular formula is C51H46N2. The molecule has 2 heteroatoms. The Hall–Kier alpha value is -6.12. The monoisotopic (exact) mass is 686 g/mol. The molecule has 1 aliphatic rings. The minimum atomic E-state index is -0.142. The Bertz CT molecular complexity index is 2330. The van der Waals surface area contributed by atoms with Crippen molar-refractivity contribution in [3.63, 3.8) is 0 Å². The minimum Gasteiger partial charge on any atom is -0.311 e. The Morgan fingerprint density at radius 2 is 0.774 bits per heavy atom. The van der Waals surface area contributed by atoms with Gasteiger partial charge in [-0.1, -0.05) is 150 Å². The molecule has 0 amide bonds. The van der Waals surface area contributed by atoms with Crippen LogP contribution < -0.4 is 9.80 Å². The fourth-order valence-corrected chi connectivity index (χ4v) is 7.65. The summed E-state index contributed by atoms with van der Waals surface area (Å²) in [6.07, 6.45) is 4.47. The first-order valence-electron chi connectivity index (χ1n) is 18.6. The summed E-state index contributed by atoms with van der Waals surface area (Å²) in [5.41, 5.74) is 15.9. The lowest BCUT2D eigenvalue weighted by atomic mass is 9.81. The quantitative estimate of drug-likeness (QED) is 0.147. The number of fused-ring (bicyclic) bond motifs is 3. The van der Waals surface area contributed by atoms with Crippen molar-refractivity contribution in [2.75, 3.05) is 9.80 Å². The fourth-order valence-electron chi connectivity index (χ4n) is 7.65. The Kier molecular flexibility index (Phi) is 8.84. The smallest absolute Gasteiger partial charge is 0.0465 e. The molecule has 7 aromatic rings. The van der Waals surface area contributed by atoms with E-state index in [0.29, 0.717) is 0 Å². The van der Waals surface area contributed by atoms with Crippen molar-refractivity contribution >= 4 is 46.3 Å². The van der Waals surface area contributed by atoms with Gasteiger partial charge in [-0.05, 0) is 117 Å². The summed E-state index contributed by atoms with van der Waals surface area (Å²) in [7, 11) is 0. The molecule has 0 bridgehead atoms. The molecule has 0 radical (unpaired) electrons. The second kappa shape index (κ2) is 13.8. The molecule has 2 nitrogen and oxygen atoms in total. The van der Waals surface area contributed by atoms with Gasteiger partial charge in [0, 0.05) is 39.5 Å². The molecule has 0 aliphatic heterocycles. The van der Waals surface area contributed by atoms with E-state index in [0.717, 1.165) is 28.4 Å². The first-order chi connectivity index (χ1) is 25.7. The Balaban J connectivity index is 1.06. The molecule has 1 aliphatic carbocycles.